The lowest BCUT2D eigenvalue weighted by molar-refractivity contribution is 0.669. The summed E-state index contributed by atoms with van der Waals surface area (Å²) >= 11 is 1.87. The molecule has 0 saturated heterocycles. The van der Waals surface area contributed by atoms with Crippen LogP contribution in [-0.2, 0) is 0 Å². The van der Waals surface area contributed by atoms with Crippen molar-refractivity contribution in [3.63, 3.8) is 0 Å². The number of thiophene rings is 1. The molecule has 0 spiro atoms. The van der Waals surface area contributed by atoms with Crippen molar-refractivity contribution >= 4 is 114 Å². The van der Waals surface area contributed by atoms with Crippen molar-refractivity contribution in [1.29, 1.82) is 0 Å². The van der Waals surface area contributed by atoms with Crippen LogP contribution in [0.25, 0.3) is 91.1 Å². The molecule has 0 N–H and O–H groups in total. The molecule has 3 nitrogen and oxygen atoms in total. The van der Waals surface area contributed by atoms with Crippen LogP contribution >= 0.6 is 11.3 Å². The number of furan rings is 1. The Hall–Kier alpha value is -6.88. The van der Waals surface area contributed by atoms with Crippen molar-refractivity contribution in [2.75, 3.05) is 4.90 Å². The van der Waals surface area contributed by atoms with Gasteiger partial charge in [0.1, 0.15) is 11.2 Å². The number of fused-ring (bicyclic) bond motifs is 12. The largest absolute Gasteiger partial charge is 0.456 e. The van der Waals surface area contributed by atoms with Gasteiger partial charge >= 0.3 is 0 Å². The molecule has 12 aromatic rings. The van der Waals surface area contributed by atoms with Crippen LogP contribution in [0.3, 0.4) is 0 Å². The monoisotopic (exact) mass is 706 g/mol. The van der Waals surface area contributed by atoms with Crippen molar-refractivity contribution in [3.05, 3.63) is 182 Å². The van der Waals surface area contributed by atoms with Gasteiger partial charge in [0.2, 0.25) is 0 Å². The van der Waals surface area contributed by atoms with E-state index >= 15 is 0 Å². The van der Waals surface area contributed by atoms with Crippen LogP contribution in [0.15, 0.2) is 186 Å². The Morgan fingerprint density at radius 1 is 0.407 bits per heavy atom. The van der Waals surface area contributed by atoms with E-state index in [2.05, 4.69) is 179 Å². The SMILES string of the molecule is c1ccc(-n2c3ccc(N(c4ccc5c(c4)oc4ccccc45)c4cccc5ccccc45)cc3c3cc4ccc5sc6ccccc6c5c4cc32)cc1. The molecule has 0 bridgehead atoms. The van der Waals surface area contributed by atoms with E-state index in [1.165, 1.54) is 63.5 Å². The zero-order valence-corrected chi connectivity index (χ0v) is 29.8. The first-order valence-corrected chi connectivity index (χ1v) is 19.2. The lowest BCUT2D eigenvalue weighted by Crippen LogP contribution is -2.10. The molecule has 0 fully saturated rings. The van der Waals surface area contributed by atoms with Gasteiger partial charge in [0.05, 0.1) is 16.7 Å². The standard InChI is InChI=1S/C50H30N2OS/c1-2-13-33(14-3-1)52-44-25-23-34(28-42(44)41-27-32-21-26-49-50(40(32)30-45(41)52)39-17-7-9-20-48(39)54-49)51(43-18-10-12-31-11-4-5-15-36(31)43)35-22-24-38-37-16-6-8-19-46(37)53-47(38)29-35/h1-30H. The van der Waals surface area contributed by atoms with Gasteiger partial charge in [-0.25, -0.2) is 0 Å². The highest BCUT2D eigenvalue weighted by Crippen LogP contribution is 2.45. The van der Waals surface area contributed by atoms with E-state index in [4.69, 9.17) is 4.42 Å². The Kier molecular flexibility index (Phi) is 6.21. The Labute approximate surface area is 314 Å². The van der Waals surface area contributed by atoms with E-state index in [0.717, 1.165) is 44.7 Å². The fourth-order valence-corrected chi connectivity index (χ4v) is 9.85. The molecule has 9 aromatic carbocycles. The molecule has 0 aliphatic carbocycles. The fraction of sp³-hybridized carbons (Fsp3) is 0. The molecule has 3 heterocycles. The average Bonchev–Trinajstić information content (AvgIpc) is 3.89. The molecule has 0 saturated carbocycles. The maximum atomic E-state index is 6.45. The minimum atomic E-state index is 0.874. The van der Waals surface area contributed by atoms with Gasteiger partial charge in [0, 0.05) is 70.2 Å². The number of aromatic nitrogens is 1. The van der Waals surface area contributed by atoms with Crippen molar-refractivity contribution < 1.29 is 4.42 Å². The molecule has 0 atom stereocenters. The zero-order valence-electron chi connectivity index (χ0n) is 29.0. The molecule has 0 aliphatic rings. The summed E-state index contributed by atoms with van der Waals surface area (Å²) in [7, 11) is 0. The van der Waals surface area contributed by atoms with Crippen LogP contribution in [0.4, 0.5) is 17.1 Å². The number of benzene rings is 9. The van der Waals surface area contributed by atoms with Crippen LogP contribution in [0, 0.1) is 0 Å². The summed E-state index contributed by atoms with van der Waals surface area (Å²) in [4.78, 5) is 2.39. The van der Waals surface area contributed by atoms with Crippen molar-refractivity contribution in [3.8, 4) is 5.69 Å². The summed E-state index contributed by atoms with van der Waals surface area (Å²) in [6.45, 7) is 0. The van der Waals surface area contributed by atoms with Gasteiger partial charge in [0.15, 0.2) is 0 Å². The Balaban J connectivity index is 1.16. The normalized spacial score (nSPS) is 12.1. The second-order valence-corrected chi connectivity index (χ2v) is 15.2. The van der Waals surface area contributed by atoms with E-state index in [0.29, 0.717) is 0 Å². The highest BCUT2D eigenvalue weighted by atomic mass is 32.1. The predicted molar refractivity (Wildman–Crippen MR) is 231 cm³/mol. The first-order valence-electron chi connectivity index (χ1n) is 18.3. The number of para-hydroxylation sites is 2. The minimum Gasteiger partial charge on any atom is -0.456 e. The summed E-state index contributed by atoms with van der Waals surface area (Å²) in [5.74, 6) is 0. The summed E-state index contributed by atoms with van der Waals surface area (Å²) in [5, 5.41) is 12.3. The summed E-state index contributed by atoms with van der Waals surface area (Å²) in [6, 6.07) is 66.1. The third kappa shape index (κ3) is 4.29. The predicted octanol–water partition coefficient (Wildman–Crippen LogP) is 14.8. The molecule has 4 heteroatoms. The Bertz CT molecular complexity index is 3460. The second kappa shape index (κ2) is 11.3. The third-order valence-corrected chi connectivity index (χ3v) is 12.3. The van der Waals surface area contributed by atoms with Gasteiger partial charge < -0.3 is 13.9 Å². The minimum absolute atomic E-state index is 0.874. The number of rotatable bonds is 4. The van der Waals surface area contributed by atoms with E-state index in [-0.39, 0.29) is 0 Å². The van der Waals surface area contributed by atoms with E-state index in [1.54, 1.807) is 0 Å². The number of hydrogen-bond acceptors (Lipinski definition) is 3. The van der Waals surface area contributed by atoms with Crippen LogP contribution in [0.5, 0.6) is 0 Å². The van der Waals surface area contributed by atoms with Gasteiger partial charge in [-0.2, -0.15) is 0 Å². The molecule has 252 valence electrons. The molecule has 3 aromatic heterocycles. The Morgan fingerprint density at radius 2 is 1.13 bits per heavy atom. The molecule has 0 amide bonds. The maximum absolute atomic E-state index is 6.45. The molecule has 54 heavy (non-hydrogen) atoms. The van der Waals surface area contributed by atoms with Crippen molar-refractivity contribution in [2.24, 2.45) is 0 Å². The van der Waals surface area contributed by atoms with Gasteiger partial charge in [-0.05, 0) is 95.0 Å². The van der Waals surface area contributed by atoms with Crippen LogP contribution in [-0.4, -0.2) is 4.57 Å². The number of hydrogen-bond donors (Lipinski definition) is 0. The van der Waals surface area contributed by atoms with Crippen molar-refractivity contribution in [2.45, 2.75) is 0 Å². The van der Waals surface area contributed by atoms with Crippen molar-refractivity contribution in [1.82, 2.24) is 4.57 Å². The number of anilines is 3. The zero-order chi connectivity index (χ0) is 35.3. The van der Waals surface area contributed by atoms with Gasteiger partial charge in [-0.1, -0.05) is 97.1 Å². The molecular weight excluding hydrogens is 677 g/mol. The van der Waals surface area contributed by atoms with Gasteiger partial charge in [0.25, 0.3) is 0 Å². The van der Waals surface area contributed by atoms with Gasteiger partial charge in [-0.3, -0.25) is 0 Å². The van der Waals surface area contributed by atoms with E-state index in [1.807, 2.05) is 23.5 Å². The molecule has 0 unspecified atom stereocenters. The quantitative estimate of drug-likeness (QED) is 0.182. The maximum Gasteiger partial charge on any atom is 0.137 e. The fourth-order valence-electron chi connectivity index (χ4n) is 8.73. The smallest absolute Gasteiger partial charge is 0.137 e. The van der Waals surface area contributed by atoms with Crippen LogP contribution in [0.1, 0.15) is 0 Å². The highest BCUT2D eigenvalue weighted by Gasteiger charge is 2.21. The topological polar surface area (TPSA) is 21.3 Å². The lowest BCUT2D eigenvalue weighted by Gasteiger charge is -2.27. The van der Waals surface area contributed by atoms with E-state index < -0.39 is 0 Å². The van der Waals surface area contributed by atoms with Gasteiger partial charge in [-0.15, -0.1) is 11.3 Å². The summed E-state index contributed by atoms with van der Waals surface area (Å²) in [5.41, 5.74) is 8.54. The molecular formula is C50H30N2OS. The summed E-state index contributed by atoms with van der Waals surface area (Å²) in [6.07, 6.45) is 0. The third-order valence-electron chi connectivity index (χ3n) is 11.1. The lowest BCUT2D eigenvalue weighted by atomic mass is 10.0. The Morgan fingerprint density at radius 3 is 2.06 bits per heavy atom. The highest BCUT2D eigenvalue weighted by molar-refractivity contribution is 7.26. The number of nitrogens with zero attached hydrogens (tertiary/aromatic N) is 2. The molecule has 0 radical (unpaired) electrons. The van der Waals surface area contributed by atoms with E-state index in [9.17, 15) is 0 Å². The average molecular weight is 707 g/mol. The van der Waals surface area contributed by atoms with Crippen LogP contribution < -0.4 is 4.90 Å². The van der Waals surface area contributed by atoms with Crippen LogP contribution in [0.2, 0.25) is 0 Å². The molecule has 12 rings (SSSR count). The second-order valence-electron chi connectivity index (χ2n) is 14.1. The summed E-state index contributed by atoms with van der Waals surface area (Å²) < 4.78 is 11.5. The molecule has 0 aliphatic heterocycles. The first kappa shape index (κ1) is 29.7. The first-order chi connectivity index (χ1) is 26.8.